The number of allylic oxidation sites excluding steroid dienone is 1. The molecular formula is C15H21BrN2. The van der Waals surface area contributed by atoms with Crippen molar-refractivity contribution in [2.75, 3.05) is 43.5 Å². The first-order chi connectivity index (χ1) is 8.79. The molecule has 0 spiro atoms. The van der Waals surface area contributed by atoms with Gasteiger partial charge in [0, 0.05) is 37.2 Å². The number of anilines is 1. The highest BCUT2D eigenvalue weighted by molar-refractivity contribution is 9.09. The minimum atomic E-state index is 1.03. The highest BCUT2D eigenvalue weighted by Crippen LogP contribution is 2.17. The van der Waals surface area contributed by atoms with Crippen LogP contribution in [-0.2, 0) is 0 Å². The van der Waals surface area contributed by atoms with Gasteiger partial charge in [-0.15, -0.1) is 0 Å². The normalized spacial score (nSPS) is 17.6. The predicted molar refractivity (Wildman–Crippen MR) is 83.6 cm³/mol. The first-order valence-corrected chi connectivity index (χ1v) is 7.68. The number of benzene rings is 1. The Hall–Kier alpha value is -0.800. The van der Waals surface area contributed by atoms with Gasteiger partial charge >= 0.3 is 0 Å². The summed E-state index contributed by atoms with van der Waals surface area (Å²) in [5.74, 6) is 0. The van der Waals surface area contributed by atoms with Crippen LogP contribution in [0.4, 0.5) is 5.69 Å². The van der Waals surface area contributed by atoms with Gasteiger partial charge in [-0.2, -0.15) is 0 Å². The third-order valence-corrected chi connectivity index (χ3v) is 3.81. The highest BCUT2D eigenvalue weighted by atomic mass is 79.9. The minimum Gasteiger partial charge on any atom is -0.369 e. The van der Waals surface area contributed by atoms with Crippen LogP contribution in [0.15, 0.2) is 30.3 Å². The molecule has 0 radical (unpaired) electrons. The monoisotopic (exact) mass is 308 g/mol. The van der Waals surface area contributed by atoms with Gasteiger partial charge in [0.05, 0.1) is 0 Å². The van der Waals surface area contributed by atoms with Gasteiger partial charge in [-0.1, -0.05) is 40.2 Å². The number of hydrogen-bond donors (Lipinski definition) is 0. The van der Waals surface area contributed by atoms with Crippen molar-refractivity contribution >= 4 is 27.7 Å². The van der Waals surface area contributed by atoms with Crippen molar-refractivity contribution < 1.29 is 0 Å². The van der Waals surface area contributed by atoms with Gasteiger partial charge in [-0.05, 0) is 31.2 Å². The Labute approximate surface area is 118 Å². The van der Waals surface area contributed by atoms with E-state index in [1.54, 1.807) is 0 Å². The van der Waals surface area contributed by atoms with Crippen molar-refractivity contribution in [2.24, 2.45) is 0 Å². The minimum absolute atomic E-state index is 1.03. The maximum absolute atomic E-state index is 3.43. The maximum Gasteiger partial charge on any atom is 0.0367 e. The lowest BCUT2D eigenvalue weighted by Crippen LogP contribution is -2.44. The standard InChI is InChI=1S/C15H21BrN2/c1-17-10-12-18(13-11-17)15-7-5-14(6-8-15)4-2-3-9-16/h2,4-8H,3,9-13H2,1H3. The van der Waals surface area contributed by atoms with Gasteiger partial charge in [0.2, 0.25) is 0 Å². The second-order valence-corrected chi connectivity index (χ2v) is 5.55. The second-order valence-electron chi connectivity index (χ2n) is 4.76. The number of alkyl halides is 1. The van der Waals surface area contributed by atoms with E-state index < -0.39 is 0 Å². The molecule has 1 aromatic carbocycles. The van der Waals surface area contributed by atoms with Gasteiger partial charge in [-0.3, -0.25) is 0 Å². The number of rotatable bonds is 4. The summed E-state index contributed by atoms with van der Waals surface area (Å²) >= 11 is 3.43. The molecule has 2 nitrogen and oxygen atoms in total. The number of nitrogens with zero attached hydrogens (tertiary/aromatic N) is 2. The Morgan fingerprint density at radius 1 is 1.11 bits per heavy atom. The first-order valence-electron chi connectivity index (χ1n) is 6.55. The molecule has 1 fully saturated rings. The number of halogens is 1. The molecule has 0 N–H and O–H groups in total. The molecule has 18 heavy (non-hydrogen) atoms. The Morgan fingerprint density at radius 2 is 1.78 bits per heavy atom. The van der Waals surface area contributed by atoms with E-state index in [0.29, 0.717) is 0 Å². The molecule has 0 amide bonds. The van der Waals surface area contributed by atoms with E-state index in [4.69, 9.17) is 0 Å². The second kappa shape index (κ2) is 6.95. The fourth-order valence-corrected chi connectivity index (χ4v) is 2.41. The lowest BCUT2D eigenvalue weighted by Gasteiger charge is -2.34. The topological polar surface area (TPSA) is 6.48 Å². The average Bonchev–Trinajstić information content (AvgIpc) is 2.41. The van der Waals surface area contributed by atoms with Gasteiger partial charge in [0.25, 0.3) is 0 Å². The van der Waals surface area contributed by atoms with Crippen LogP contribution in [0, 0.1) is 0 Å². The van der Waals surface area contributed by atoms with Crippen LogP contribution in [0.2, 0.25) is 0 Å². The zero-order valence-electron chi connectivity index (χ0n) is 11.0. The summed E-state index contributed by atoms with van der Waals surface area (Å²) in [6.45, 7) is 4.59. The SMILES string of the molecule is CN1CCN(c2ccc(C=CCCBr)cc2)CC1. The number of hydrogen-bond acceptors (Lipinski definition) is 2. The molecule has 1 heterocycles. The Bertz CT molecular complexity index is 378. The van der Waals surface area contributed by atoms with E-state index in [-0.39, 0.29) is 0 Å². The molecular weight excluding hydrogens is 288 g/mol. The van der Waals surface area contributed by atoms with Crippen molar-refractivity contribution in [3.63, 3.8) is 0 Å². The molecule has 1 aliphatic heterocycles. The molecule has 1 aliphatic rings. The van der Waals surface area contributed by atoms with Crippen molar-refractivity contribution in [2.45, 2.75) is 6.42 Å². The van der Waals surface area contributed by atoms with Gasteiger partial charge < -0.3 is 9.80 Å². The van der Waals surface area contributed by atoms with E-state index in [1.807, 2.05) is 0 Å². The Balaban J connectivity index is 1.95. The average molecular weight is 309 g/mol. The summed E-state index contributed by atoms with van der Waals surface area (Å²) in [4.78, 5) is 4.85. The molecule has 2 rings (SSSR count). The fourth-order valence-electron chi connectivity index (χ4n) is 2.14. The van der Waals surface area contributed by atoms with Crippen LogP contribution in [0.5, 0.6) is 0 Å². The highest BCUT2D eigenvalue weighted by Gasteiger charge is 2.13. The molecule has 0 atom stereocenters. The van der Waals surface area contributed by atoms with Crippen LogP contribution in [0.1, 0.15) is 12.0 Å². The van der Waals surface area contributed by atoms with Gasteiger partial charge in [-0.25, -0.2) is 0 Å². The summed E-state index contributed by atoms with van der Waals surface area (Å²) in [6, 6.07) is 8.88. The Kier molecular flexibility index (Phi) is 5.26. The summed E-state index contributed by atoms with van der Waals surface area (Å²) in [7, 11) is 2.19. The van der Waals surface area contributed by atoms with Crippen LogP contribution >= 0.6 is 15.9 Å². The molecule has 0 saturated carbocycles. The number of piperazine rings is 1. The van der Waals surface area contributed by atoms with Crippen molar-refractivity contribution in [3.8, 4) is 0 Å². The quantitative estimate of drug-likeness (QED) is 0.788. The zero-order valence-corrected chi connectivity index (χ0v) is 12.6. The summed E-state index contributed by atoms with van der Waals surface area (Å²) in [6.07, 6.45) is 5.48. The lowest BCUT2D eigenvalue weighted by atomic mass is 10.1. The van der Waals surface area contributed by atoms with Crippen molar-refractivity contribution in [1.82, 2.24) is 4.90 Å². The van der Waals surface area contributed by atoms with Crippen LogP contribution in [0.3, 0.4) is 0 Å². The lowest BCUT2D eigenvalue weighted by molar-refractivity contribution is 0.313. The third-order valence-electron chi connectivity index (χ3n) is 3.35. The molecule has 0 bridgehead atoms. The molecule has 1 saturated heterocycles. The molecule has 3 heteroatoms. The fraction of sp³-hybridized carbons (Fsp3) is 0.467. The van der Waals surface area contributed by atoms with Crippen LogP contribution in [-0.4, -0.2) is 43.5 Å². The molecule has 98 valence electrons. The maximum atomic E-state index is 3.43. The van der Waals surface area contributed by atoms with Crippen LogP contribution in [0.25, 0.3) is 6.08 Å². The van der Waals surface area contributed by atoms with E-state index in [9.17, 15) is 0 Å². The molecule has 0 aromatic heterocycles. The van der Waals surface area contributed by atoms with E-state index in [0.717, 1.165) is 37.9 Å². The number of likely N-dealkylation sites (N-methyl/N-ethyl adjacent to an activating group) is 1. The first kappa shape index (κ1) is 13.6. The molecule has 0 unspecified atom stereocenters. The van der Waals surface area contributed by atoms with E-state index in [1.165, 1.54) is 11.3 Å². The summed E-state index contributed by atoms with van der Waals surface area (Å²) in [5.41, 5.74) is 2.63. The molecule has 0 aliphatic carbocycles. The van der Waals surface area contributed by atoms with Gasteiger partial charge in [0.1, 0.15) is 0 Å². The Morgan fingerprint density at radius 3 is 2.39 bits per heavy atom. The van der Waals surface area contributed by atoms with Crippen molar-refractivity contribution in [3.05, 3.63) is 35.9 Å². The third kappa shape index (κ3) is 3.85. The summed E-state index contributed by atoms with van der Waals surface area (Å²) < 4.78 is 0. The summed E-state index contributed by atoms with van der Waals surface area (Å²) in [5, 5.41) is 1.03. The van der Waals surface area contributed by atoms with Gasteiger partial charge in [0.15, 0.2) is 0 Å². The molecule has 1 aromatic rings. The van der Waals surface area contributed by atoms with E-state index in [2.05, 4.69) is 69.2 Å². The predicted octanol–water partition coefficient (Wildman–Crippen LogP) is 3.24. The van der Waals surface area contributed by atoms with Crippen molar-refractivity contribution in [1.29, 1.82) is 0 Å². The van der Waals surface area contributed by atoms with Crippen LogP contribution < -0.4 is 4.90 Å². The smallest absolute Gasteiger partial charge is 0.0367 e. The van der Waals surface area contributed by atoms with E-state index >= 15 is 0 Å². The zero-order chi connectivity index (χ0) is 12.8. The largest absolute Gasteiger partial charge is 0.369 e.